The first-order valence-corrected chi connectivity index (χ1v) is 4.93. The Balaban J connectivity index is 0. The summed E-state index contributed by atoms with van der Waals surface area (Å²) in [6.45, 7) is 4.57. The number of carbonyl (C=O) groups excluding carboxylic acids is 1. The van der Waals surface area contributed by atoms with Crippen LogP contribution in [0.4, 0.5) is 4.79 Å². The predicted molar refractivity (Wildman–Crippen MR) is 59.1 cm³/mol. The van der Waals surface area contributed by atoms with Gasteiger partial charge in [-0.05, 0) is 0 Å². The third-order valence-electron chi connectivity index (χ3n) is 1.37. The van der Waals surface area contributed by atoms with Crippen LogP contribution in [0.1, 0.15) is 13.3 Å². The fraction of sp³-hybridized carbons (Fsp3) is 0.875. The van der Waals surface area contributed by atoms with E-state index in [0.717, 1.165) is 13.1 Å². The van der Waals surface area contributed by atoms with Gasteiger partial charge in [0.2, 0.25) is 0 Å². The van der Waals surface area contributed by atoms with Crippen LogP contribution in [0.15, 0.2) is 0 Å². The molecule has 16 heavy (non-hydrogen) atoms. The molecular formula is C8H22N4O4. The van der Waals surface area contributed by atoms with Crippen LogP contribution in [0.25, 0.3) is 0 Å². The van der Waals surface area contributed by atoms with Crippen molar-refractivity contribution in [2.75, 3.05) is 26.2 Å². The Morgan fingerprint density at radius 1 is 1.31 bits per heavy atom. The average molecular weight is 238 g/mol. The van der Waals surface area contributed by atoms with E-state index < -0.39 is 12.1 Å². The van der Waals surface area contributed by atoms with E-state index in [2.05, 4.69) is 15.8 Å². The summed E-state index contributed by atoms with van der Waals surface area (Å²) in [5, 5.41) is 20.1. The summed E-state index contributed by atoms with van der Waals surface area (Å²) in [5.41, 5.74) is 14.8. The van der Waals surface area contributed by atoms with Crippen molar-refractivity contribution in [3.63, 3.8) is 0 Å². The Bertz CT molecular complexity index is 173. The molecule has 0 rings (SSSR count). The van der Waals surface area contributed by atoms with E-state index in [1.54, 1.807) is 0 Å². The maximum Gasteiger partial charge on any atom is 0.408 e. The highest BCUT2D eigenvalue weighted by molar-refractivity contribution is 5.64. The number of amides is 1. The van der Waals surface area contributed by atoms with E-state index in [1.165, 1.54) is 6.92 Å². The van der Waals surface area contributed by atoms with Crippen LogP contribution in [0.5, 0.6) is 0 Å². The van der Waals surface area contributed by atoms with Gasteiger partial charge in [-0.2, -0.15) is 0 Å². The molecule has 1 amide bonds. The van der Waals surface area contributed by atoms with Crippen molar-refractivity contribution in [2.45, 2.75) is 19.3 Å². The normalized spacial score (nSPS) is 10.3. The maximum atomic E-state index is 9.85. The molecule has 0 atom stereocenters. The Labute approximate surface area is 94.7 Å². The summed E-state index contributed by atoms with van der Waals surface area (Å²) in [5.74, 6) is -2.41. The van der Waals surface area contributed by atoms with Gasteiger partial charge in [0.25, 0.3) is 0 Å². The van der Waals surface area contributed by atoms with Crippen molar-refractivity contribution < 1.29 is 19.7 Å². The minimum atomic E-state index is -2.41. The molecule has 0 spiro atoms. The number of aliphatic hydroxyl groups is 2. The predicted octanol–water partition coefficient (Wildman–Crippen LogP) is -2.38. The van der Waals surface area contributed by atoms with E-state index in [1.807, 2.05) is 0 Å². The lowest BCUT2D eigenvalue weighted by molar-refractivity contribution is -0.306. The summed E-state index contributed by atoms with van der Waals surface area (Å²) in [4.78, 5) is 9.85. The summed E-state index contributed by atoms with van der Waals surface area (Å²) in [7, 11) is 0. The highest BCUT2D eigenvalue weighted by Gasteiger charge is 2.23. The van der Waals surface area contributed by atoms with Gasteiger partial charge in [-0.3, -0.25) is 0 Å². The van der Waals surface area contributed by atoms with Crippen LogP contribution in [-0.2, 0) is 4.74 Å². The second kappa shape index (κ2) is 10.6. The first kappa shape index (κ1) is 17.5. The van der Waals surface area contributed by atoms with E-state index in [4.69, 9.17) is 21.7 Å². The van der Waals surface area contributed by atoms with Gasteiger partial charge in [-0.15, -0.1) is 0 Å². The number of nitrogens with one attached hydrogen (secondary N) is 1. The molecule has 0 aromatic rings. The second-order valence-electron chi connectivity index (χ2n) is 2.85. The molecular weight excluding hydrogens is 216 g/mol. The lowest BCUT2D eigenvalue weighted by Crippen LogP contribution is -2.35. The quantitative estimate of drug-likeness (QED) is 0.223. The van der Waals surface area contributed by atoms with Crippen molar-refractivity contribution >= 4 is 6.09 Å². The van der Waals surface area contributed by atoms with Crippen LogP contribution >= 0.6 is 0 Å². The van der Waals surface area contributed by atoms with Gasteiger partial charge in [-0.1, -0.05) is 6.92 Å². The van der Waals surface area contributed by atoms with Crippen LogP contribution in [0.3, 0.4) is 0 Å². The zero-order valence-electron chi connectivity index (χ0n) is 9.48. The fourth-order valence-electron chi connectivity index (χ4n) is 0.562. The van der Waals surface area contributed by atoms with E-state index in [9.17, 15) is 4.79 Å². The minimum absolute atomic E-state index is 0.115. The van der Waals surface area contributed by atoms with Crippen molar-refractivity contribution in [1.29, 1.82) is 0 Å². The van der Waals surface area contributed by atoms with Gasteiger partial charge in [0, 0.05) is 32.6 Å². The maximum absolute atomic E-state index is 9.85. The zero-order valence-corrected chi connectivity index (χ0v) is 9.48. The third kappa shape index (κ3) is 15.5. The second-order valence-corrected chi connectivity index (χ2v) is 2.85. The molecule has 8 heteroatoms. The number of nitrogens with two attached hydrogens (primary N) is 3. The van der Waals surface area contributed by atoms with Crippen LogP contribution in [0, 0.1) is 0 Å². The number of hydrogen-bond acceptors (Lipinski definition) is 7. The zero-order chi connectivity index (χ0) is 13.0. The molecule has 0 radical (unpaired) electrons. The molecule has 0 heterocycles. The van der Waals surface area contributed by atoms with E-state index in [0.29, 0.717) is 13.1 Å². The van der Waals surface area contributed by atoms with Crippen LogP contribution in [-0.4, -0.2) is 48.5 Å². The van der Waals surface area contributed by atoms with Crippen LogP contribution < -0.4 is 22.5 Å². The molecule has 0 aliphatic heterocycles. The number of ether oxygens (including phenoxy) is 1. The number of carbonyl (C=O) groups is 1. The monoisotopic (exact) mass is 238 g/mol. The molecule has 0 saturated carbocycles. The summed E-state index contributed by atoms with van der Waals surface area (Å²) in [6, 6.07) is 0. The van der Waals surface area contributed by atoms with Crippen molar-refractivity contribution in [2.24, 2.45) is 17.2 Å². The molecule has 0 unspecified atom stereocenters. The van der Waals surface area contributed by atoms with Crippen molar-refractivity contribution in [3.05, 3.63) is 0 Å². The topological polar surface area (TPSA) is 157 Å². The molecule has 0 bridgehead atoms. The van der Waals surface area contributed by atoms with E-state index >= 15 is 0 Å². The molecule has 0 aromatic carbocycles. The molecule has 0 aromatic heterocycles. The first-order valence-electron chi connectivity index (χ1n) is 4.93. The Morgan fingerprint density at radius 2 is 1.75 bits per heavy atom. The van der Waals surface area contributed by atoms with Gasteiger partial charge in [0.05, 0.1) is 0 Å². The molecule has 9 N–H and O–H groups in total. The standard InChI is InChI=1S/C4H13N3.C4H9NO4/c5-1-3-7-4-2-6;1-2-4(7,8)9-3(5)6/h7H,1-6H2;7-8H,2H2,1H3,(H2,5,6). The Morgan fingerprint density at radius 3 is 1.94 bits per heavy atom. The van der Waals surface area contributed by atoms with Gasteiger partial charge in [-0.25, -0.2) is 4.79 Å². The smallest absolute Gasteiger partial charge is 0.392 e. The lowest BCUT2D eigenvalue weighted by Gasteiger charge is -2.17. The Hall–Kier alpha value is -0.930. The highest BCUT2D eigenvalue weighted by atomic mass is 16.8. The third-order valence-corrected chi connectivity index (χ3v) is 1.37. The molecule has 8 nitrogen and oxygen atoms in total. The van der Waals surface area contributed by atoms with E-state index in [-0.39, 0.29) is 6.42 Å². The molecule has 98 valence electrons. The highest BCUT2D eigenvalue weighted by Crippen LogP contribution is 2.05. The first-order chi connectivity index (χ1) is 7.39. The lowest BCUT2D eigenvalue weighted by atomic mass is 10.4. The largest absolute Gasteiger partial charge is 0.408 e. The SMILES string of the molecule is CCC(O)(O)OC(N)=O.NCCNCCN. The van der Waals surface area contributed by atoms with Gasteiger partial charge >= 0.3 is 12.1 Å². The Kier molecular flexibility index (Phi) is 11.6. The molecule has 0 fully saturated rings. The summed E-state index contributed by atoms with van der Waals surface area (Å²) < 4.78 is 3.84. The number of primary amides is 1. The number of hydrogen-bond donors (Lipinski definition) is 6. The molecule has 0 aliphatic rings. The summed E-state index contributed by atoms with van der Waals surface area (Å²) >= 11 is 0. The average Bonchev–Trinajstić information content (AvgIpc) is 2.18. The summed E-state index contributed by atoms with van der Waals surface area (Å²) in [6.07, 6.45) is -1.32. The van der Waals surface area contributed by atoms with Gasteiger partial charge < -0.3 is 37.5 Å². The number of rotatable bonds is 6. The van der Waals surface area contributed by atoms with Crippen molar-refractivity contribution in [3.8, 4) is 0 Å². The van der Waals surface area contributed by atoms with Gasteiger partial charge in [0.1, 0.15) is 0 Å². The van der Waals surface area contributed by atoms with Gasteiger partial charge in [0.15, 0.2) is 0 Å². The minimum Gasteiger partial charge on any atom is -0.392 e. The molecule has 0 aliphatic carbocycles. The van der Waals surface area contributed by atoms with Crippen LogP contribution in [0.2, 0.25) is 0 Å². The van der Waals surface area contributed by atoms with Crippen molar-refractivity contribution in [1.82, 2.24) is 5.32 Å². The molecule has 0 saturated heterocycles. The fourth-order valence-corrected chi connectivity index (χ4v) is 0.562.